The van der Waals surface area contributed by atoms with Crippen LogP contribution in [-0.2, 0) is 0 Å². The number of rotatable bonds is 4. The van der Waals surface area contributed by atoms with Crippen LogP contribution in [0.25, 0.3) is 0 Å². The number of aromatic nitrogens is 2. The molecule has 1 aliphatic rings. The highest BCUT2D eigenvalue weighted by molar-refractivity contribution is 5.92. The van der Waals surface area contributed by atoms with Crippen molar-refractivity contribution in [1.82, 2.24) is 14.9 Å². The summed E-state index contributed by atoms with van der Waals surface area (Å²) in [7, 11) is 1.62. The van der Waals surface area contributed by atoms with Gasteiger partial charge in [0.1, 0.15) is 11.4 Å². The molecular weight excluding hydrogens is 316 g/mol. The first kappa shape index (κ1) is 17.2. The fraction of sp³-hybridized carbons (Fsp3) is 0.421. The zero-order valence-corrected chi connectivity index (χ0v) is 15.0. The summed E-state index contributed by atoms with van der Waals surface area (Å²) >= 11 is 0. The van der Waals surface area contributed by atoms with E-state index in [2.05, 4.69) is 22.2 Å². The SMILES string of the molecule is COc1cccc(Nc2nc(C)cc(C(=O)N3CCC(C)CC3)n2)c1. The highest BCUT2D eigenvalue weighted by Crippen LogP contribution is 2.21. The van der Waals surface area contributed by atoms with Crippen LogP contribution in [-0.4, -0.2) is 41.0 Å². The standard InChI is InChI=1S/C19H24N4O2/c1-13-7-9-23(10-8-13)18(24)17-11-14(2)20-19(22-17)21-15-5-4-6-16(12-15)25-3/h4-6,11-13H,7-10H2,1-3H3,(H,20,21,22). The summed E-state index contributed by atoms with van der Waals surface area (Å²) in [6.07, 6.45) is 2.09. The molecule has 3 rings (SSSR count). The van der Waals surface area contributed by atoms with E-state index in [9.17, 15) is 4.79 Å². The molecule has 6 heteroatoms. The minimum atomic E-state index is -0.0221. The van der Waals surface area contributed by atoms with Crippen LogP contribution >= 0.6 is 0 Å². The minimum Gasteiger partial charge on any atom is -0.497 e. The van der Waals surface area contributed by atoms with Crippen LogP contribution in [0.4, 0.5) is 11.6 Å². The topological polar surface area (TPSA) is 67.3 Å². The second kappa shape index (κ2) is 7.51. The maximum atomic E-state index is 12.8. The van der Waals surface area contributed by atoms with E-state index >= 15 is 0 Å². The number of anilines is 2. The van der Waals surface area contributed by atoms with E-state index in [0.29, 0.717) is 17.6 Å². The number of ether oxygens (including phenoxy) is 1. The van der Waals surface area contributed by atoms with Gasteiger partial charge in [-0.05, 0) is 43.9 Å². The first-order valence-corrected chi connectivity index (χ1v) is 8.61. The summed E-state index contributed by atoms with van der Waals surface area (Å²) in [5.74, 6) is 1.82. The Labute approximate surface area is 148 Å². The predicted molar refractivity (Wildman–Crippen MR) is 97.3 cm³/mol. The van der Waals surface area contributed by atoms with Crippen LogP contribution in [0.15, 0.2) is 30.3 Å². The van der Waals surface area contributed by atoms with Crippen LogP contribution in [0.2, 0.25) is 0 Å². The van der Waals surface area contributed by atoms with Gasteiger partial charge in [-0.2, -0.15) is 0 Å². The van der Waals surface area contributed by atoms with Crippen LogP contribution in [0.1, 0.15) is 35.9 Å². The van der Waals surface area contributed by atoms with Crippen molar-refractivity contribution >= 4 is 17.5 Å². The van der Waals surface area contributed by atoms with Gasteiger partial charge in [-0.15, -0.1) is 0 Å². The Morgan fingerprint density at radius 3 is 2.72 bits per heavy atom. The number of amides is 1. The van der Waals surface area contributed by atoms with Gasteiger partial charge in [-0.3, -0.25) is 4.79 Å². The van der Waals surface area contributed by atoms with E-state index in [4.69, 9.17) is 4.74 Å². The van der Waals surface area contributed by atoms with E-state index in [1.54, 1.807) is 13.2 Å². The lowest BCUT2D eigenvalue weighted by Crippen LogP contribution is -2.38. The maximum absolute atomic E-state index is 12.8. The number of piperidine rings is 1. The number of carbonyl (C=O) groups is 1. The summed E-state index contributed by atoms with van der Waals surface area (Å²) in [5, 5.41) is 3.15. The fourth-order valence-corrected chi connectivity index (χ4v) is 2.94. The maximum Gasteiger partial charge on any atom is 0.272 e. The quantitative estimate of drug-likeness (QED) is 0.924. The first-order valence-electron chi connectivity index (χ1n) is 8.61. The lowest BCUT2D eigenvalue weighted by Gasteiger charge is -2.30. The molecule has 0 bridgehead atoms. The Bertz CT molecular complexity index is 755. The molecule has 132 valence electrons. The number of aryl methyl sites for hydroxylation is 1. The lowest BCUT2D eigenvalue weighted by molar-refractivity contribution is 0.0691. The lowest BCUT2D eigenvalue weighted by atomic mass is 9.99. The number of carbonyl (C=O) groups excluding carboxylic acids is 1. The number of nitrogens with one attached hydrogen (secondary N) is 1. The highest BCUT2D eigenvalue weighted by atomic mass is 16.5. The Kier molecular flexibility index (Phi) is 5.16. The van der Waals surface area contributed by atoms with Gasteiger partial charge in [-0.1, -0.05) is 13.0 Å². The number of hydrogen-bond donors (Lipinski definition) is 1. The summed E-state index contributed by atoms with van der Waals surface area (Å²) in [6.45, 7) is 5.68. The van der Waals surface area contributed by atoms with Gasteiger partial charge in [0.2, 0.25) is 5.95 Å². The fourth-order valence-electron chi connectivity index (χ4n) is 2.94. The summed E-state index contributed by atoms with van der Waals surface area (Å²) < 4.78 is 5.22. The summed E-state index contributed by atoms with van der Waals surface area (Å²) in [4.78, 5) is 23.5. The number of methoxy groups -OCH3 is 1. The molecule has 1 aliphatic heterocycles. The molecule has 1 fully saturated rings. The molecule has 25 heavy (non-hydrogen) atoms. The van der Waals surface area contributed by atoms with Crippen LogP contribution < -0.4 is 10.1 Å². The Morgan fingerprint density at radius 1 is 1.24 bits per heavy atom. The molecule has 1 N–H and O–H groups in total. The molecule has 0 atom stereocenters. The molecule has 1 saturated heterocycles. The molecule has 1 aromatic carbocycles. The monoisotopic (exact) mass is 340 g/mol. The highest BCUT2D eigenvalue weighted by Gasteiger charge is 2.23. The van der Waals surface area contributed by atoms with Crippen molar-refractivity contribution < 1.29 is 9.53 Å². The third kappa shape index (κ3) is 4.26. The Morgan fingerprint density at radius 2 is 2.00 bits per heavy atom. The number of hydrogen-bond acceptors (Lipinski definition) is 5. The number of nitrogens with zero attached hydrogens (tertiary/aromatic N) is 3. The van der Waals surface area contributed by atoms with Crippen molar-refractivity contribution in [2.45, 2.75) is 26.7 Å². The third-order valence-electron chi connectivity index (χ3n) is 4.47. The molecule has 0 aliphatic carbocycles. The number of likely N-dealkylation sites (tertiary alicyclic amines) is 1. The molecule has 0 radical (unpaired) electrons. The second-order valence-corrected chi connectivity index (χ2v) is 6.55. The zero-order valence-electron chi connectivity index (χ0n) is 15.0. The van der Waals surface area contributed by atoms with Crippen molar-refractivity contribution in [2.75, 3.05) is 25.5 Å². The number of benzene rings is 1. The first-order chi connectivity index (χ1) is 12.0. The molecule has 0 unspecified atom stereocenters. The molecule has 6 nitrogen and oxygen atoms in total. The van der Waals surface area contributed by atoms with Crippen LogP contribution in [0.5, 0.6) is 5.75 Å². The molecule has 0 saturated carbocycles. The van der Waals surface area contributed by atoms with Gasteiger partial charge in [0.25, 0.3) is 5.91 Å². The van der Waals surface area contributed by atoms with Gasteiger partial charge in [0.15, 0.2) is 0 Å². The Hall–Kier alpha value is -2.63. The van der Waals surface area contributed by atoms with Crippen LogP contribution in [0.3, 0.4) is 0 Å². The molecule has 1 aromatic heterocycles. The second-order valence-electron chi connectivity index (χ2n) is 6.55. The summed E-state index contributed by atoms with van der Waals surface area (Å²) in [5.41, 5.74) is 2.01. The van der Waals surface area contributed by atoms with E-state index < -0.39 is 0 Å². The van der Waals surface area contributed by atoms with E-state index in [1.165, 1.54) is 0 Å². The minimum absolute atomic E-state index is 0.0221. The van der Waals surface area contributed by atoms with Gasteiger partial charge in [0, 0.05) is 30.5 Å². The molecule has 0 spiro atoms. The summed E-state index contributed by atoms with van der Waals surface area (Å²) in [6, 6.07) is 9.27. The van der Waals surface area contributed by atoms with E-state index in [0.717, 1.165) is 43.1 Å². The molecule has 1 amide bonds. The average Bonchev–Trinajstić information content (AvgIpc) is 2.61. The van der Waals surface area contributed by atoms with Crippen molar-refractivity contribution in [3.63, 3.8) is 0 Å². The van der Waals surface area contributed by atoms with Gasteiger partial charge < -0.3 is 15.0 Å². The van der Waals surface area contributed by atoms with E-state index in [1.807, 2.05) is 36.1 Å². The zero-order chi connectivity index (χ0) is 17.8. The largest absolute Gasteiger partial charge is 0.497 e. The van der Waals surface area contributed by atoms with E-state index in [-0.39, 0.29) is 5.91 Å². The predicted octanol–water partition coefficient (Wildman–Crippen LogP) is 3.41. The van der Waals surface area contributed by atoms with Crippen molar-refractivity contribution in [3.8, 4) is 5.75 Å². The van der Waals surface area contributed by atoms with Crippen molar-refractivity contribution in [2.24, 2.45) is 5.92 Å². The molecular formula is C19H24N4O2. The average molecular weight is 340 g/mol. The smallest absolute Gasteiger partial charge is 0.272 e. The molecule has 2 aromatic rings. The van der Waals surface area contributed by atoms with Gasteiger partial charge >= 0.3 is 0 Å². The Balaban J connectivity index is 1.79. The third-order valence-corrected chi connectivity index (χ3v) is 4.47. The van der Waals surface area contributed by atoms with Crippen LogP contribution in [0, 0.1) is 12.8 Å². The van der Waals surface area contributed by atoms with Gasteiger partial charge in [-0.25, -0.2) is 9.97 Å². The van der Waals surface area contributed by atoms with Crippen molar-refractivity contribution in [1.29, 1.82) is 0 Å². The van der Waals surface area contributed by atoms with Crippen molar-refractivity contribution in [3.05, 3.63) is 41.7 Å². The normalized spacial score (nSPS) is 15.1. The molecule has 2 heterocycles. The van der Waals surface area contributed by atoms with Gasteiger partial charge in [0.05, 0.1) is 7.11 Å².